The number of fused-ring (bicyclic) bond motifs is 5. The first-order valence-electron chi connectivity index (χ1n) is 13.1. The second-order valence-electron chi connectivity index (χ2n) is 12.7. The van der Waals surface area contributed by atoms with E-state index in [0.29, 0.717) is 16.9 Å². The Balaban J connectivity index is 1.23. The number of nitrogens with zero attached hydrogens (tertiary/aromatic N) is 3. The van der Waals surface area contributed by atoms with E-state index in [1.807, 2.05) is 10.9 Å². The molecule has 32 heavy (non-hydrogen) atoms. The first-order valence-corrected chi connectivity index (χ1v) is 13.1. The molecule has 4 saturated carbocycles. The summed E-state index contributed by atoms with van der Waals surface area (Å²) in [4.78, 5) is 0. The molecule has 1 N–H and O–H groups in total. The van der Waals surface area contributed by atoms with Crippen molar-refractivity contribution in [1.82, 2.24) is 9.78 Å². The number of nitriles is 1. The Bertz CT molecular complexity index is 912. The van der Waals surface area contributed by atoms with Crippen molar-refractivity contribution in [2.75, 3.05) is 13.2 Å². The lowest BCUT2D eigenvalue weighted by Crippen LogP contribution is -2.57. The number of aromatic nitrogens is 2. The van der Waals surface area contributed by atoms with Gasteiger partial charge in [0.05, 0.1) is 37.1 Å². The third kappa shape index (κ3) is 3.12. The second kappa shape index (κ2) is 7.31. The molecule has 174 valence electrons. The smallest absolute Gasteiger partial charge is 0.102 e. The molecule has 6 rings (SSSR count). The van der Waals surface area contributed by atoms with Gasteiger partial charge in [-0.2, -0.15) is 10.4 Å². The highest BCUT2D eigenvalue weighted by atomic mass is 16.5. The van der Waals surface area contributed by atoms with Gasteiger partial charge in [0.2, 0.25) is 0 Å². The molecule has 0 unspecified atom stereocenters. The molecule has 1 aliphatic heterocycles. The van der Waals surface area contributed by atoms with Crippen LogP contribution >= 0.6 is 0 Å². The molecule has 1 saturated heterocycles. The van der Waals surface area contributed by atoms with E-state index in [4.69, 9.17) is 4.74 Å². The molecule has 5 aliphatic rings. The normalized spacial score (nSPS) is 46.9. The molecule has 0 bridgehead atoms. The lowest BCUT2D eigenvalue weighted by atomic mass is 9.47. The summed E-state index contributed by atoms with van der Waals surface area (Å²) in [5, 5.41) is 24.4. The predicted molar refractivity (Wildman–Crippen MR) is 121 cm³/mol. The Morgan fingerprint density at radius 1 is 1.09 bits per heavy atom. The van der Waals surface area contributed by atoms with Crippen LogP contribution in [-0.2, 0) is 11.3 Å². The molecule has 0 amide bonds. The lowest BCUT2D eigenvalue weighted by Gasteiger charge is -2.59. The fourth-order valence-electron chi connectivity index (χ4n) is 9.68. The summed E-state index contributed by atoms with van der Waals surface area (Å²) in [6, 6.07) is 2.22. The Morgan fingerprint density at radius 2 is 1.91 bits per heavy atom. The molecule has 8 atom stereocenters. The van der Waals surface area contributed by atoms with E-state index in [9.17, 15) is 10.4 Å². The quantitative estimate of drug-likeness (QED) is 0.738. The largest absolute Gasteiger partial charge is 0.390 e. The molecule has 5 nitrogen and oxygen atoms in total. The van der Waals surface area contributed by atoms with Gasteiger partial charge in [-0.15, -0.1) is 0 Å². The SMILES string of the molecule is C[C@@]1(O)CC[C@H]2[C@H](CC[C@@H]3[C@@H]2CC[C@]2(C)[C@@H](C4(Cn5cc(C#N)cn5)COC4)CC[C@@H]32)C1. The highest BCUT2D eigenvalue weighted by molar-refractivity contribution is 5.22. The molecular formula is C27H39N3O2. The van der Waals surface area contributed by atoms with Crippen LogP contribution in [0.5, 0.6) is 0 Å². The van der Waals surface area contributed by atoms with Crippen molar-refractivity contribution in [3.63, 3.8) is 0 Å². The van der Waals surface area contributed by atoms with Crippen molar-refractivity contribution in [3.05, 3.63) is 18.0 Å². The highest BCUT2D eigenvalue weighted by Gasteiger charge is 2.63. The predicted octanol–water partition coefficient (Wildman–Crippen LogP) is 4.79. The fraction of sp³-hybridized carbons (Fsp3) is 0.852. The van der Waals surface area contributed by atoms with Gasteiger partial charge in [0, 0.05) is 11.6 Å². The maximum atomic E-state index is 10.7. The Labute approximate surface area is 192 Å². The van der Waals surface area contributed by atoms with E-state index in [2.05, 4.69) is 25.0 Å². The summed E-state index contributed by atoms with van der Waals surface area (Å²) in [7, 11) is 0. The van der Waals surface area contributed by atoms with Crippen LogP contribution in [-0.4, -0.2) is 33.7 Å². The molecule has 0 aromatic carbocycles. The van der Waals surface area contributed by atoms with Crippen LogP contribution in [0.4, 0.5) is 0 Å². The van der Waals surface area contributed by atoms with Crippen LogP contribution in [0.2, 0.25) is 0 Å². The van der Waals surface area contributed by atoms with E-state index in [0.717, 1.165) is 62.2 Å². The Kier molecular flexibility index (Phi) is 4.84. The summed E-state index contributed by atoms with van der Waals surface area (Å²) in [5.41, 5.74) is 0.808. The summed E-state index contributed by atoms with van der Waals surface area (Å²) >= 11 is 0. The fourth-order valence-corrected chi connectivity index (χ4v) is 9.68. The molecule has 5 heteroatoms. The van der Waals surface area contributed by atoms with Gasteiger partial charge in [0.15, 0.2) is 0 Å². The topological polar surface area (TPSA) is 71.1 Å². The third-order valence-electron chi connectivity index (χ3n) is 11.0. The maximum absolute atomic E-state index is 10.7. The van der Waals surface area contributed by atoms with E-state index in [1.165, 1.54) is 44.9 Å². The second-order valence-corrected chi connectivity index (χ2v) is 12.7. The number of hydrogen-bond donors (Lipinski definition) is 1. The van der Waals surface area contributed by atoms with Crippen LogP contribution in [0, 0.1) is 57.7 Å². The van der Waals surface area contributed by atoms with Gasteiger partial charge < -0.3 is 9.84 Å². The standard InChI is InChI=1S/C27H39N3O2/c1-25(31)9-7-20-19(11-25)3-4-22-21(20)8-10-26(2)23(22)5-6-24(26)27(16-32-17-27)15-30-14-18(12-28)13-29-30/h13-14,19-24,31H,3-11,15-17H2,1-2H3/t19-,20+,21-,22-,23+,24+,25-,26+/m1/s1. The number of aliphatic hydroxyl groups is 1. The number of ether oxygens (including phenoxy) is 1. The van der Waals surface area contributed by atoms with Gasteiger partial charge in [0.1, 0.15) is 6.07 Å². The Morgan fingerprint density at radius 3 is 2.62 bits per heavy atom. The number of hydrogen-bond acceptors (Lipinski definition) is 4. The lowest BCUT2D eigenvalue weighted by molar-refractivity contribution is -0.191. The van der Waals surface area contributed by atoms with Crippen LogP contribution in [0.3, 0.4) is 0 Å². The van der Waals surface area contributed by atoms with Crippen molar-refractivity contribution in [3.8, 4) is 6.07 Å². The molecular weight excluding hydrogens is 398 g/mol. The van der Waals surface area contributed by atoms with E-state index >= 15 is 0 Å². The first-order chi connectivity index (χ1) is 15.3. The van der Waals surface area contributed by atoms with Crippen molar-refractivity contribution < 1.29 is 9.84 Å². The minimum Gasteiger partial charge on any atom is -0.390 e. The molecule has 2 heterocycles. The van der Waals surface area contributed by atoms with Crippen LogP contribution in [0.15, 0.2) is 12.4 Å². The van der Waals surface area contributed by atoms with E-state index < -0.39 is 5.60 Å². The van der Waals surface area contributed by atoms with Crippen molar-refractivity contribution >= 4 is 0 Å². The van der Waals surface area contributed by atoms with Crippen molar-refractivity contribution in [1.29, 1.82) is 5.26 Å². The molecule has 1 aromatic rings. The molecule has 1 aromatic heterocycles. The van der Waals surface area contributed by atoms with Gasteiger partial charge in [-0.25, -0.2) is 0 Å². The zero-order valence-electron chi connectivity index (χ0n) is 19.8. The van der Waals surface area contributed by atoms with Crippen molar-refractivity contribution in [2.24, 2.45) is 46.3 Å². The van der Waals surface area contributed by atoms with Gasteiger partial charge in [-0.3, -0.25) is 4.68 Å². The molecule has 4 aliphatic carbocycles. The van der Waals surface area contributed by atoms with E-state index in [1.54, 1.807) is 6.20 Å². The summed E-state index contributed by atoms with van der Waals surface area (Å²) in [5.74, 6) is 4.92. The summed E-state index contributed by atoms with van der Waals surface area (Å²) in [6.07, 6.45) is 15.0. The van der Waals surface area contributed by atoms with Crippen LogP contribution in [0.25, 0.3) is 0 Å². The average Bonchev–Trinajstić information content (AvgIpc) is 3.33. The van der Waals surface area contributed by atoms with Gasteiger partial charge in [0.25, 0.3) is 0 Å². The van der Waals surface area contributed by atoms with Gasteiger partial charge in [-0.05, 0) is 106 Å². The third-order valence-corrected chi connectivity index (χ3v) is 11.0. The molecule has 0 spiro atoms. The number of rotatable bonds is 3. The minimum atomic E-state index is -0.426. The maximum Gasteiger partial charge on any atom is 0.102 e. The molecule has 5 fully saturated rings. The Hall–Kier alpha value is -1.38. The van der Waals surface area contributed by atoms with Gasteiger partial charge >= 0.3 is 0 Å². The van der Waals surface area contributed by atoms with Gasteiger partial charge in [-0.1, -0.05) is 6.92 Å². The highest BCUT2D eigenvalue weighted by Crippen LogP contribution is 2.68. The zero-order valence-corrected chi connectivity index (χ0v) is 19.8. The van der Waals surface area contributed by atoms with Crippen LogP contribution in [0.1, 0.15) is 77.2 Å². The monoisotopic (exact) mass is 437 g/mol. The van der Waals surface area contributed by atoms with Crippen LogP contribution < -0.4 is 0 Å². The van der Waals surface area contributed by atoms with E-state index in [-0.39, 0.29) is 5.41 Å². The minimum absolute atomic E-state index is 0.176. The van der Waals surface area contributed by atoms with Crippen molar-refractivity contribution in [2.45, 2.75) is 83.8 Å². The average molecular weight is 438 g/mol. The first kappa shape index (κ1) is 21.2. The summed E-state index contributed by atoms with van der Waals surface area (Å²) in [6.45, 7) is 7.25. The summed E-state index contributed by atoms with van der Waals surface area (Å²) < 4.78 is 7.85. The zero-order chi connectivity index (χ0) is 22.1. The molecule has 0 radical (unpaired) electrons.